The van der Waals surface area contributed by atoms with E-state index in [0.717, 1.165) is 23.5 Å². The monoisotopic (exact) mass is 296 g/mol. The van der Waals surface area contributed by atoms with Gasteiger partial charge in [-0.3, -0.25) is 0 Å². The Hall–Kier alpha value is -0.830. The van der Waals surface area contributed by atoms with Crippen molar-refractivity contribution in [1.29, 1.82) is 0 Å². The lowest BCUT2D eigenvalue weighted by Crippen LogP contribution is -2.36. The van der Waals surface area contributed by atoms with E-state index in [4.69, 9.17) is 16.3 Å². The molecule has 0 amide bonds. The Labute approximate surface area is 127 Å². The molecule has 0 bridgehead atoms. The van der Waals surface area contributed by atoms with Crippen molar-refractivity contribution in [3.8, 4) is 5.88 Å². The molecule has 0 aliphatic heterocycles. The molecule has 3 unspecified atom stereocenters. The van der Waals surface area contributed by atoms with Gasteiger partial charge in [0.25, 0.3) is 0 Å². The normalized spacial score (nSPS) is 26.9. The van der Waals surface area contributed by atoms with Gasteiger partial charge in [0.2, 0.25) is 5.88 Å². The fraction of sp³-hybridized carbons (Fsp3) is 0.750. The van der Waals surface area contributed by atoms with Gasteiger partial charge in [-0.25, -0.2) is 0 Å². The number of hydrogen-bond acceptors (Lipinski definition) is 3. The first kappa shape index (κ1) is 15.6. The van der Waals surface area contributed by atoms with Crippen LogP contribution in [-0.4, -0.2) is 16.3 Å². The van der Waals surface area contributed by atoms with Crippen LogP contribution >= 0.6 is 11.6 Å². The fourth-order valence-corrected chi connectivity index (χ4v) is 3.24. The summed E-state index contributed by atoms with van der Waals surface area (Å²) in [6, 6.07) is 0. The molecule has 1 fully saturated rings. The van der Waals surface area contributed by atoms with Gasteiger partial charge >= 0.3 is 0 Å². The van der Waals surface area contributed by atoms with Crippen LogP contribution in [0.2, 0.25) is 5.15 Å². The molecule has 1 heterocycles. The fourth-order valence-electron chi connectivity index (χ4n) is 3.06. The lowest BCUT2D eigenvalue weighted by atomic mass is 9.75. The molecule has 20 heavy (non-hydrogen) atoms. The highest BCUT2D eigenvalue weighted by Crippen LogP contribution is 2.36. The Balaban J connectivity index is 2.20. The van der Waals surface area contributed by atoms with Gasteiger partial charge < -0.3 is 4.74 Å². The zero-order chi connectivity index (χ0) is 14.9. The van der Waals surface area contributed by atoms with Crippen LogP contribution in [0.4, 0.5) is 0 Å². The highest BCUT2D eigenvalue weighted by molar-refractivity contribution is 6.30. The van der Waals surface area contributed by atoms with Gasteiger partial charge in [-0.2, -0.15) is 0 Å². The Morgan fingerprint density at radius 2 is 1.85 bits per heavy atom. The molecule has 0 saturated heterocycles. The van der Waals surface area contributed by atoms with Crippen LogP contribution in [-0.2, 0) is 0 Å². The Kier molecular flexibility index (Phi) is 4.90. The second kappa shape index (κ2) is 6.30. The predicted molar refractivity (Wildman–Crippen MR) is 82.3 cm³/mol. The zero-order valence-electron chi connectivity index (χ0n) is 13.1. The maximum atomic E-state index is 6.23. The minimum Gasteiger partial charge on any atom is -0.473 e. The Morgan fingerprint density at radius 3 is 2.50 bits per heavy atom. The standard InChI is InChI=1S/C16H25ClN2O/c1-9(2)13-7-6-10(3)8-14(13)20-16-12(5)11(4)15(17)18-19-16/h9-10,13-14H,6-8H2,1-5H3. The predicted octanol–water partition coefficient (Wildman–Crippen LogP) is 4.59. The van der Waals surface area contributed by atoms with Crippen LogP contribution in [0.15, 0.2) is 0 Å². The highest BCUT2D eigenvalue weighted by Gasteiger charge is 2.33. The molecule has 1 aromatic heterocycles. The van der Waals surface area contributed by atoms with Crippen LogP contribution in [0.1, 0.15) is 51.2 Å². The molecule has 1 saturated carbocycles. The van der Waals surface area contributed by atoms with Gasteiger partial charge in [-0.15, -0.1) is 10.2 Å². The van der Waals surface area contributed by atoms with Gasteiger partial charge in [0.1, 0.15) is 6.10 Å². The molecule has 1 aliphatic rings. The van der Waals surface area contributed by atoms with Crippen molar-refractivity contribution in [2.75, 3.05) is 0 Å². The molecule has 3 atom stereocenters. The molecule has 112 valence electrons. The lowest BCUT2D eigenvalue weighted by Gasteiger charge is -2.37. The number of nitrogens with zero attached hydrogens (tertiary/aromatic N) is 2. The van der Waals surface area contributed by atoms with Crippen molar-refractivity contribution in [2.24, 2.45) is 17.8 Å². The minimum atomic E-state index is 0.243. The van der Waals surface area contributed by atoms with Gasteiger partial charge in [0.05, 0.1) is 0 Å². The summed E-state index contributed by atoms with van der Waals surface area (Å²) < 4.78 is 6.23. The third-order valence-corrected chi connectivity index (χ3v) is 5.00. The van der Waals surface area contributed by atoms with Crippen LogP contribution in [0, 0.1) is 31.6 Å². The van der Waals surface area contributed by atoms with E-state index in [1.165, 1.54) is 12.8 Å². The van der Waals surface area contributed by atoms with E-state index < -0.39 is 0 Å². The molecule has 0 radical (unpaired) electrons. The first-order valence-electron chi connectivity index (χ1n) is 7.56. The summed E-state index contributed by atoms with van der Waals surface area (Å²) in [4.78, 5) is 0. The number of aromatic nitrogens is 2. The van der Waals surface area contributed by atoms with Crippen molar-refractivity contribution < 1.29 is 4.74 Å². The maximum absolute atomic E-state index is 6.23. The van der Waals surface area contributed by atoms with E-state index in [9.17, 15) is 0 Å². The molecular weight excluding hydrogens is 272 g/mol. The van der Waals surface area contributed by atoms with Crippen molar-refractivity contribution >= 4 is 11.6 Å². The number of halogens is 1. The molecule has 4 heteroatoms. The summed E-state index contributed by atoms with van der Waals surface area (Å²) in [5.41, 5.74) is 1.97. The molecule has 1 aliphatic carbocycles. The molecule has 0 spiro atoms. The van der Waals surface area contributed by atoms with Crippen molar-refractivity contribution in [3.63, 3.8) is 0 Å². The van der Waals surface area contributed by atoms with Gasteiger partial charge in [-0.05, 0) is 50.0 Å². The quantitative estimate of drug-likeness (QED) is 0.818. The zero-order valence-corrected chi connectivity index (χ0v) is 13.9. The van der Waals surface area contributed by atoms with Crippen molar-refractivity contribution in [2.45, 2.75) is 60.0 Å². The molecule has 2 rings (SSSR count). The first-order valence-corrected chi connectivity index (χ1v) is 7.94. The molecule has 3 nitrogen and oxygen atoms in total. The summed E-state index contributed by atoms with van der Waals surface area (Å²) in [6.07, 6.45) is 3.88. The van der Waals surface area contributed by atoms with E-state index in [-0.39, 0.29) is 6.10 Å². The Morgan fingerprint density at radius 1 is 1.15 bits per heavy atom. The first-order chi connectivity index (χ1) is 9.40. The second-order valence-corrected chi connectivity index (χ2v) is 6.89. The summed E-state index contributed by atoms with van der Waals surface area (Å²) in [6.45, 7) is 10.8. The van der Waals surface area contributed by atoms with Gasteiger partial charge in [0.15, 0.2) is 5.15 Å². The van der Waals surface area contributed by atoms with E-state index in [1.54, 1.807) is 0 Å². The number of rotatable bonds is 3. The summed E-state index contributed by atoms with van der Waals surface area (Å²) in [5, 5.41) is 8.60. The summed E-state index contributed by atoms with van der Waals surface area (Å²) in [5.74, 6) is 2.60. The average Bonchev–Trinajstić information content (AvgIpc) is 2.39. The minimum absolute atomic E-state index is 0.243. The van der Waals surface area contributed by atoms with E-state index >= 15 is 0 Å². The molecule has 0 N–H and O–H groups in total. The third kappa shape index (κ3) is 3.25. The average molecular weight is 297 g/mol. The van der Waals surface area contributed by atoms with E-state index in [0.29, 0.717) is 22.9 Å². The Bertz CT molecular complexity index is 476. The van der Waals surface area contributed by atoms with Gasteiger partial charge in [0, 0.05) is 5.56 Å². The largest absolute Gasteiger partial charge is 0.473 e. The summed E-state index contributed by atoms with van der Waals surface area (Å²) in [7, 11) is 0. The number of ether oxygens (including phenoxy) is 1. The number of hydrogen-bond donors (Lipinski definition) is 0. The SMILES string of the molecule is Cc1c(Cl)nnc(OC2CC(C)CCC2C(C)C)c1C. The smallest absolute Gasteiger partial charge is 0.237 e. The van der Waals surface area contributed by atoms with Crippen LogP contribution < -0.4 is 4.74 Å². The van der Waals surface area contributed by atoms with Crippen LogP contribution in [0.25, 0.3) is 0 Å². The maximum Gasteiger partial charge on any atom is 0.237 e. The van der Waals surface area contributed by atoms with Crippen molar-refractivity contribution in [3.05, 3.63) is 16.3 Å². The van der Waals surface area contributed by atoms with Crippen LogP contribution in [0.5, 0.6) is 5.88 Å². The van der Waals surface area contributed by atoms with E-state index in [2.05, 4.69) is 31.0 Å². The molecule has 1 aromatic rings. The molecular formula is C16H25ClN2O. The molecule has 0 aromatic carbocycles. The topological polar surface area (TPSA) is 35.0 Å². The third-order valence-electron chi connectivity index (χ3n) is 4.65. The summed E-state index contributed by atoms with van der Waals surface area (Å²) >= 11 is 6.00. The lowest BCUT2D eigenvalue weighted by molar-refractivity contribution is 0.0413. The van der Waals surface area contributed by atoms with Crippen LogP contribution in [0.3, 0.4) is 0 Å². The second-order valence-electron chi connectivity index (χ2n) is 6.53. The van der Waals surface area contributed by atoms with Crippen molar-refractivity contribution in [1.82, 2.24) is 10.2 Å². The van der Waals surface area contributed by atoms with E-state index in [1.807, 2.05) is 13.8 Å². The highest BCUT2D eigenvalue weighted by atomic mass is 35.5. The van der Waals surface area contributed by atoms with Gasteiger partial charge in [-0.1, -0.05) is 38.8 Å².